The molecular formula is C21H19N5O. The Morgan fingerprint density at radius 1 is 1.11 bits per heavy atom. The van der Waals surface area contributed by atoms with Gasteiger partial charge >= 0.3 is 0 Å². The molecule has 1 aromatic carbocycles. The lowest BCUT2D eigenvalue weighted by atomic mass is 10.1. The molecule has 0 saturated carbocycles. The van der Waals surface area contributed by atoms with Crippen molar-refractivity contribution in [3.05, 3.63) is 77.2 Å². The van der Waals surface area contributed by atoms with Crippen molar-refractivity contribution < 1.29 is 4.79 Å². The van der Waals surface area contributed by atoms with E-state index < -0.39 is 0 Å². The standard InChI is InChI=1S/C21H19N5O/c1-13-17-11-15(12-23-21(27)16-8-10-24-26-14(16)2)6-7-18(17)25-20(13)19-5-3-4-9-22-19/h3-11,25H,12H2,1-2H3,(H,23,27). The summed E-state index contributed by atoms with van der Waals surface area (Å²) in [7, 11) is 0. The van der Waals surface area contributed by atoms with Gasteiger partial charge in [-0.1, -0.05) is 12.1 Å². The van der Waals surface area contributed by atoms with Crippen molar-refractivity contribution >= 4 is 16.8 Å². The molecule has 0 saturated heterocycles. The summed E-state index contributed by atoms with van der Waals surface area (Å²) in [4.78, 5) is 20.2. The minimum Gasteiger partial charge on any atom is -0.353 e. The minimum atomic E-state index is -0.150. The van der Waals surface area contributed by atoms with Crippen LogP contribution < -0.4 is 5.32 Å². The van der Waals surface area contributed by atoms with Crippen LogP contribution in [0.1, 0.15) is 27.2 Å². The second-order valence-corrected chi connectivity index (χ2v) is 6.43. The summed E-state index contributed by atoms with van der Waals surface area (Å²) in [6, 6.07) is 13.7. The van der Waals surface area contributed by atoms with Crippen LogP contribution in [0.2, 0.25) is 0 Å². The highest BCUT2D eigenvalue weighted by atomic mass is 16.1. The third-order valence-corrected chi connectivity index (χ3v) is 4.65. The molecule has 0 bridgehead atoms. The van der Waals surface area contributed by atoms with Gasteiger partial charge in [0, 0.05) is 23.6 Å². The molecule has 27 heavy (non-hydrogen) atoms. The molecule has 0 spiro atoms. The smallest absolute Gasteiger partial charge is 0.253 e. The fourth-order valence-corrected chi connectivity index (χ4v) is 3.17. The van der Waals surface area contributed by atoms with E-state index in [1.807, 2.05) is 30.3 Å². The van der Waals surface area contributed by atoms with E-state index in [0.29, 0.717) is 17.8 Å². The minimum absolute atomic E-state index is 0.150. The van der Waals surface area contributed by atoms with Crippen LogP contribution in [0.4, 0.5) is 0 Å². The van der Waals surface area contributed by atoms with Crippen LogP contribution in [0.25, 0.3) is 22.3 Å². The predicted molar refractivity (Wildman–Crippen MR) is 104 cm³/mol. The Bertz CT molecular complexity index is 1120. The van der Waals surface area contributed by atoms with Gasteiger partial charge in [-0.05, 0) is 55.3 Å². The average Bonchev–Trinajstić information content (AvgIpc) is 3.03. The number of pyridine rings is 1. The SMILES string of the molecule is Cc1nnccc1C(=O)NCc1ccc2[nH]c(-c3ccccn3)c(C)c2c1. The van der Waals surface area contributed by atoms with Crippen molar-refractivity contribution in [2.45, 2.75) is 20.4 Å². The lowest BCUT2D eigenvalue weighted by Gasteiger charge is -2.07. The number of nitrogens with one attached hydrogen (secondary N) is 2. The zero-order valence-electron chi connectivity index (χ0n) is 15.2. The van der Waals surface area contributed by atoms with Crippen LogP contribution in [-0.2, 0) is 6.54 Å². The normalized spacial score (nSPS) is 10.9. The molecule has 0 aliphatic carbocycles. The number of hydrogen-bond donors (Lipinski definition) is 2. The number of carbonyl (C=O) groups excluding carboxylic acids is 1. The molecule has 134 valence electrons. The first-order valence-corrected chi connectivity index (χ1v) is 8.72. The predicted octanol–water partition coefficient (Wildman–Crippen LogP) is 3.57. The Kier molecular flexibility index (Phi) is 4.38. The zero-order valence-corrected chi connectivity index (χ0v) is 15.2. The number of aromatic nitrogens is 4. The highest BCUT2D eigenvalue weighted by molar-refractivity contribution is 5.95. The van der Waals surface area contributed by atoms with Crippen LogP contribution in [0, 0.1) is 13.8 Å². The molecule has 1 amide bonds. The van der Waals surface area contributed by atoms with Crippen LogP contribution in [0.5, 0.6) is 0 Å². The molecule has 0 aliphatic rings. The molecule has 2 N–H and O–H groups in total. The van der Waals surface area contributed by atoms with Gasteiger partial charge in [-0.25, -0.2) is 0 Å². The van der Waals surface area contributed by atoms with Crippen molar-refractivity contribution in [1.82, 2.24) is 25.5 Å². The van der Waals surface area contributed by atoms with E-state index in [0.717, 1.165) is 33.4 Å². The number of amides is 1. The Labute approximate surface area is 156 Å². The summed E-state index contributed by atoms with van der Waals surface area (Å²) in [5.41, 5.74) is 6.33. The highest BCUT2D eigenvalue weighted by Crippen LogP contribution is 2.29. The number of fused-ring (bicyclic) bond motifs is 1. The molecule has 0 atom stereocenters. The van der Waals surface area contributed by atoms with Gasteiger partial charge in [0.15, 0.2) is 0 Å². The third-order valence-electron chi connectivity index (χ3n) is 4.65. The van der Waals surface area contributed by atoms with E-state index in [1.165, 1.54) is 6.20 Å². The van der Waals surface area contributed by atoms with Gasteiger partial charge in [0.2, 0.25) is 0 Å². The van der Waals surface area contributed by atoms with Gasteiger partial charge in [0.1, 0.15) is 0 Å². The lowest BCUT2D eigenvalue weighted by Crippen LogP contribution is -2.24. The van der Waals surface area contributed by atoms with E-state index in [4.69, 9.17) is 0 Å². The van der Waals surface area contributed by atoms with E-state index in [2.05, 4.69) is 38.5 Å². The van der Waals surface area contributed by atoms with E-state index >= 15 is 0 Å². The monoisotopic (exact) mass is 357 g/mol. The third kappa shape index (κ3) is 3.29. The maximum Gasteiger partial charge on any atom is 0.253 e. The molecule has 3 aromatic heterocycles. The van der Waals surface area contributed by atoms with Crippen LogP contribution in [-0.4, -0.2) is 26.1 Å². The van der Waals surface area contributed by atoms with Crippen molar-refractivity contribution in [2.75, 3.05) is 0 Å². The molecule has 0 unspecified atom stereocenters. The Hall–Kier alpha value is -3.54. The lowest BCUT2D eigenvalue weighted by molar-refractivity contribution is 0.0949. The average molecular weight is 357 g/mol. The molecule has 0 fully saturated rings. The quantitative estimate of drug-likeness (QED) is 0.585. The summed E-state index contributed by atoms with van der Waals surface area (Å²) in [5.74, 6) is -0.150. The summed E-state index contributed by atoms with van der Waals surface area (Å²) in [5, 5.41) is 11.8. The maximum atomic E-state index is 12.4. The number of benzene rings is 1. The van der Waals surface area contributed by atoms with Gasteiger partial charge in [-0.3, -0.25) is 9.78 Å². The number of carbonyl (C=O) groups is 1. The van der Waals surface area contributed by atoms with Gasteiger partial charge in [0.25, 0.3) is 5.91 Å². The number of hydrogen-bond acceptors (Lipinski definition) is 4. The molecule has 6 heteroatoms. The second-order valence-electron chi connectivity index (χ2n) is 6.43. The van der Waals surface area contributed by atoms with Crippen LogP contribution in [0.3, 0.4) is 0 Å². The van der Waals surface area contributed by atoms with Gasteiger partial charge in [-0.2, -0.15) is 10.2 Å². The fraction of sp³-hybridized carbons (Fsp3) is 0.143. The highest BCUT2D eigenvalue weighted by Gasteiger charge is 2.12. The molecular weight excluding hydrogens is 338 g/mol. The molecule has 6 nitrogen and oxygen atoms in total. The van der Waals surface area contributed by atoms with Crippen molar-refractivity contribution in [1.29, 1.82) is 0 Å². The Morgan fingerprint density at radius 2 is 2.00 bits per heavy atom. The number of nitrogens with zero attached hydrogens (tertiary/aromatic N) is 3. The van der Waals surface area contributed by atoms with Gasteiger partial charge < -0.3 is 10.3 Å². The van der Waals surface area contributed by atoms with Gasteiger partial charge in [0.05, 0.1) is 28.8 Å². The molecule has 4 aromatic rings. The summed E-state index contributed by atoms with van der Waals surface area (Å²) < 4.78 is 0. The van der Waals surface area contributed by atoms with E-state index in [1.54, 1.807) is 19.2 Å². The molecule has 4 rings (SSSR count). The molecule has 0 aliphatic heterocycles. The Morgan fingerprint density at radius 3 is 2.78 bits per heavy atom. The van der Waals surface area contributed by atoms with Crippen LogP contribution in [0.15, 0.2) is 54.9 Å². The summed E-state index contributed by atoms with van der Waals surface area (Å²) >= 11 is 0. The number of aryl methyl sites for hydroxylation is 2. The molecule has 0 radical (unpaired) electrons. The first-order valence-electron chi connectivity index (χ1n) is 8.72. The second kappa shape index (κ2) is 6.99. The van der Waals surface area contributed by atoms with Crippen molar-refractivity contribution in [3.63, 3.8) is 0 Å². The van der Waals surface area contributed by atoms with Crippen molar-refractivity contribution in [2.24, 2.45) is 0 Å². The number of rotatable bonds is 4. The van der Waals surface area contributed by atoms with Crippen molar-refractivity contribution in [3.8, 4) is 11.4 Å². The number of H-pyrrole nitrogens is 1. The maximum absolute atomic E-state index is 12.4. The first kappa shape index (κ1) is 16.9. The largest absolute Gasteiger partial charge is 0.353 e. The summed E-state index contributed by atoms with van der Waals surface area (Å²) in [6.07, 6.45) is 3.31. The van der Waals surface area contributed by atoms with Gasteiger partial charge in [-0.15, -0.1) is 0 Å². The Balaban J connectivity index is 1.58. The van der Waals surface area contributed by atoms with E-state index in [-0.39, 0.29) is 5.91 Å². The fourth-order valence-electron chi connectivity index (χ4n) is 3.17. The zero-order chi connectivity index (χ0) is 18.8. The molecule has 3 heterocycles. The number of aromatic amines is 1. The first-order chi connectivity index (χ1) is 13.1. The summed E-state index contributed by atoms with van der Waals surface area (Å²) in [6.45, 7) is 4.30. The van der Waals surface area contributed by atoms with Crippen LogP contribution >= 0.6 is 0 Å². The van der Waals surface area contributed by atoms with E-state index in [9.17, 15) is 4.79 Å². The topological polar surface area (TPSA) is 83.6 Å².